The number of ketones is 2. The molecule has 0 unspecified atom stereocenters. The van der Waals surface area contributed by atoms with E-state index in [-0.39, 0.29) is 29.3 Å². The Morgan fingerprint density at radius 1 is 0.964 bits per heavy atom. The highest BCUT2D eigenvalue weighted by Crippen LogP contribution is 2.63. The summed E-state index contributed by atoms with van der Waals surface area (Å²) >= 11 is 0. The van der Waals surface area contributed by atoms with Crippen LogP contribution in [0.25, 0.3) is 0 Å². The van der Waals surface area contributed by atoms with Gasteiger partial charge >= 0.3 is 0 Å². The first-order valence-electron chi connectivity index (χ1n) is 10.4. The third-order valence-electron chi connectivity index (χ3n) is 7.70. The van der Waals surface area contributed by atoms with Gasteiger partial charge in [-0.05, 0) is 43.9 Å². The van der Waals surface area contributed by atoms with Crippen molar-refractivity contribution in [3.63, 3.8) is 0 Å². The molecule has 2 aliphatic carbocycles. The number of hydrogen-bond acceptors (Lipinski definition) is 3. The maximum atomic E-state index is 13.8. The smallest absolute Gasteiger partial charge is 0.183 e. The molecule has 0 aromatic heterocycles. The average molecular weight is 374 g/mol. The van der Waals surface area contributed by atoms with Crippen molar-refractivity contribution in [2.45, 2.75) is 51.0 Å². The second kappa shape index (κ2) is 6.04. The molecule has 0 bridgehead atoms. The Labute approximate surface area is 166 Å². The van der Waals surface area contributed by atoms with E-state index in [1.165, 1.54) is 5.56 Å². The highest BCUT2D eigenvalue weighted by atomic mass is 16.5. The number of ether oxygens (including phenoxy) is 1. The van der Waals surface area contributed by atoms with Crippen molar-refractivity contribution in [1.29, 1.82) is 0 Å². The summed E-state index contributed by atoms with van der Waals surface area (Å²) in [7, 11) is 0. The van der Waals surface area contributed by atoms with Crippen LogP contribution in [0, 0.1) is 17.3 Å². The summed E-state index contributed by atoms with van der Waals surface area (Å²) in [6.45, 7) is 3.88. The standard InChI is InChI=1S/C25H26O3/c1-16-21(17-10-4-3-5-11-17)19-13-8-9-15-25(19)24(2,22(16)26)23(27)18-12-6-7-14-20(18)28-25/h3-7,10-12,14,16,19,21H,8-9,13,15H2,1-2H3/t16-,19+,21+,24+,25-/m0/s1. The van der Waals surface area contributed by atoms with E-state index >= 15 is 0 Å². The molecule has 0 saturated heterocycles. The summed E-state index contributed by atoms with van der Waals surface area (Å²) in [4.78, 5) is 27.6. The molecule has 0 radical (unpaired) electrons. The van der Waals surface area contributed by atoms with E-state index < -0.39 is 11.0 Å². The molecule has 2 aromatic rings. The number of fused-ring (bicyclic) bond motifs is 1. The lowest BCUT2D eigenvalue weighted by Crippen LogP contribution is -2.71. The van der Waals surface area contributed by atoms with Crippen molar-refractivity contribution >= 4 is 11.6 Å². The molecule has 2 aromatic carbocycles. The van der Waals surface area contributed by atoms with Crippen molar-refractivity contribution < 1.29 is 14.3 Å². The molecule has 3 nitrogen and oxygen atoms in total. The van der Waals surface area contributed by atoms with Crippen LogP contribution in [0.3, 0.4) is 0 Å². The third kappa shape index (κ3) is 2.05. The predicted octanol–water partition coefficient (Wildman–Crippen LogP) is 5.20. The second-order valence-electron chi connectivity index (χ2n) is 8.88. The lowest BCUT2D eigenvalue weighted by Gasteiger charge is -2.61. The van der Waals surface area contributed by atoms with Crippen molar-refractivity contribution in [3.05, 3.63) is 65.7 Å². The molecule has 144 valence electrons. The Balaban J connectivity index is 1.75. The van der Waals surface area contributed by atoms with Crippen LogP contribution in [0.15, 0.2) is 54.6 Å². The Bertz CT molecular complexity index is 949. The van der Waals surface area contributed by atoms with Gasteiger partial charge in [-0.15, -0.1) is 0 Å². The van der Waals surface area contributed by atoms with Crippen molar-refractivity contribution in [3.8, 4) is 5.75 Å². The summed E-state index contributed by atoms with van der Waals surface area (Å²) in [6, 6.07) is 17.8. The Hall–Kier alpha value is -2.42. The molecule has 2 saturated carbocycles. The minimum atomic E-state index is -1.11. The third-order valence-corrected chi connectivity index (χ3v) is 7.70. The number of carbonyl (C=O) groups excluding carboxylic acids is 2. The van der Waals surface area contributed by atoms with E-state index in [0.717, 1.165) is 25.7 Å². The monoisotopic (exact) mass is 374 g/mol. The van der Waals surface area contributed by atoms with E-state index in [1.54, 1.807) is 6.07 Å². The van der Waals surface area contributed by atoms with Gasteiger partial charge in [0.2, 0.25) is 0 Å². The summed E-state index contributed by atoms with van der Waals surface area (Å²) in [5, 5.41) is 0. The molecule has 1 spiro atoms. The van der Waals surface area contributed by atoms with Crippen LogP contribution < -0.4 is 4.74 Å². The zero-order valence-corrected chi connectivity index (χ0v) is 16.5. The zero-order chi connectivity index (χ0) is 19.5. The predicted molar refractivity (Wildman–Crippen MR) is 108 cm³/mol. The van der Waals surface area contributed by atoms with Gasteiger partial charge in [0, 0.05) is 17.8 Å². The van der Waals surface area contributed by atoms with Gasteiger partial charge in [0.05, 0.1) is 5.56 Å². The molecule has 3 aliphatic rings. The van der Waals surface area contributed by atoms with Crippen LogP contribution in [0.4, 0.5) is 0 Å². The lowest BCUT2D eigenvalue weighted by atomic mass is 9.45. The SMILES string of the molecule is C[C@@H]1C(=O)[C@]2(C)C(=O)c3ccccc3O[C@]23CCCC[C@@H]3[C@H]1c1ccccc1. The van der Waals surface area contributed by atoms with Crippen LogP contribution in [0.1, 0.15) is 61.4 Å². The first kappa shape index (κ1) is 17.7. The highest BCUT2D eigenvalue weighted by Gasteiger charge is 2.71. The van der Waals surface area contributed by atoms with Gasteiger partial charge in [-0.3, -0.25) is 9.59 Å². The van der Waals surface area contributed by atoms with Crippen molar-refractivity contribution in [2.24, 2.45) is 17.3 Å². The Morgan fingerprint density at radius 3 is 2.46 bits per heavy atom. The number of benzene rings is 2. The molecular weight excluding hydrogens is 348 g/mol. The Kier molecular flexibility index (Phi) is 3.81. The maximum absolute atomic E-state index is 13.8. The van der Waals surface area contributed by atoms with Gasteiger partial charge in [0.1, 0.15) is 16.8 Å². The molecule has 5 rings (SSSR count). The largest absolute Gasteiger partial charge is 0.485 e. The van der Waals surface area contributed by atoms with Gasteiger partial charge in [-0.1, -0.05) is 55.8 Å². The molecule has 1 heterocycles. The number of rotatable bonds is 1. The van der Waals surface area contributed by atoms with Crippen LogP contribution in [0.5, 0.6) is 5.75 Å². The van der Waals surface area contributed by atoms with E-state index in [1.807, 2.05) is 50.2 Å². The van der Waals surface area contributed by atoms with Gasteiger partial charge in [0.15, 0.2) is 11.6 Å². The fourth-order valence-electron chi connectivity index (χ4n) is 6.37. The summed E-state index contributed by atoms with van der Waals surface area (Å²) in [5.41, 5.74) is -0.122. The molecule has 2 fully saturated rings. The molecule has 1 aliphatic heterocycles. The molecule has 3 heteroatoms. The normalized spacial score (nSPS) is 36.7. The van der Waals surface area contributed by atoms with Crippen molar-refractivity contribution in [2.75, 3.05) is 0 Å². The molecule has 28 heavy (non-hydrogen) atoms. The topological polar surface area (TPSA) is 43.4 Å². The van der Waals surface area contributed by atoms with Crippen LogP contribution in [0.2, 0.25) is 0 Å². The van der Waals surface area contributed by atoms with E-state index in [2.05, 4.69) is 12.1 Å². The number of Topliss-reactive ketones (excluding diaryl/α,β-unsaturated/α-hetero) is 2. The van der Waals surface area contributed by atoms with Crippen molar-refractivity contribution in [1.82, 2.24) is 0 Å². The van der Waals surface area contributed by atoms with E-state index in [0.29, 0.717) is 11.3 Å². The van der Waals surface area contributed by atoms with Gasteiger partial charge in [0.25, 0.3) is 0 Å². The highest BCUT2D eigenvalue weighted by molar-refractivity contribution is 6.18. The average Bonchev–Trinajstić information content (AvgIpc) is 2.73. The first-order chi connectivity index (χ1) is 13.5. The van der Waals surface area contributed by atoms with Gasteiger partial charge in [-0.25, -0.2) is 0 Å². The zero-order valence-electron chi connectivity index (χ0n) is 16.5. The summed E-state index contributed by atoms with van der Waals surface area (Å²) in [6.07, 6.45) is 3.86. The molecule has 0 N–H and O–H groups in total. The minimum absolute atomic E-state index is 0.0407. The lowest BCUT2D eigenvalue weighted by molar-refractivity contribution is -0.172. The van der Waals surface area contributed by atoms with Crippen LogP contribution >= 0.6 is 0 Å². The van der Waals surface area contributed by atoms with Crippen LogP contribution in [-0.4, -0.2) is 17.2 Å². The Morgan fingerprint density at radius 2 is 1.68 bits per heavy atom. The van der Waals surface area contributed by atoms with Crippen LogP contribution in [-0.2, 0) is 4.79 Å². The number of hydrogen-bond donors (Lipinski definition) is 0. The quantitative estimate of drug-likeness (QED) is 0.645. The summed E-state index contributed by atoms with van der Waals surface area (Å²) < 4.78 is 6.73. The minimum Gasteiger partial charge on any atom is -0.485 e. The molecule has 5 atom stereocenters. The van der Waals surface area contributed by atoms with Gasteiger partial charge < -0.3 is 4.74 Å². The number of para-hydroxylation sites is 1. The van der Waals surface area contributed by atoms with E-state index in [9.17, 15) is 9.59 Å². The first-order valence-corrected chi connectivity index (χ1v) is 10.4. The molecular formula is C25H26O3. The number of carbonyl (C=O) groups is 2. The van der Waals surface area contributed by atoms with Gasteiger partial charge in [-0.2, -0.15) is 0 Å². The maximum Gasteiger partial charge on any atom is 0.183 e. The fourth-order valence-corrected chi connectivity index (χ4v) is 6.37. The second-order valence-corrected chi connectivity index (χ2v) is 8.88. The molecule has 0 amide bonds. The summed E-state index contributed by atoms with van der Waals surface area (Å²) in [5.74, 6) is 0.662. The fraction of sp³-hybridized carbons (Fsp3) is 0.440. The van der Waals surface area contributed by atoms with E-state index in [4.69, 9.17) is 4.74 Å².